The molecule has 0 amide bonds. The molecule has 0 aliphatic carbocycles. The van der Waals surface area contributed by atoms with Crippen LogP contribution in [-0.4, -0.2) is 70.1 Å². The van der Waals surface area contributed by atoms with Gasteiger partial charge in [0.15, 0.2) is 0 Å². The monoisotopic (exact) mass is 633 g/mol. The molecule has 0 spiro atoms. The quantitative estimate of drug-likeness (QED) is 0.153. The molecule has 0 radical (unpaired) electrons. The molecule has 3 heterocycles. The molecule has 2 aromatic carbocycles. The van der Waals surface area contributed by atoms with Gasteiger partial charge in [-0.05, 0) is 90.1 Å². The lowest BCUT2D eigenvalue weighted by atomic mass is 9.98. The smallest absolute Gasteiger partial charge is 0.355 e. The van der Waals surface area contributed by atoms with Crippen molar-refractivity contribution < 1.29 is 14.3 Å². The molecule has 1 fully saturated rings. The number of halogens is 1. The molecule has 9 heteroatoms. The molecule has 8 nitrogen and oxygen atoms in total. The molecule has 2 aromatic heterocycles. The fourth-order valence-corrected chi connectivity index (χ4v) is 6.60. The molecular formula is C36H48ClN5O3. The first-order valence-electron chi connectivity index (χ1n) is 16.1. The van der Waals surface area contributed by atoms with Crippen molar-refractivity contribution >= 4 is 28.5 Å². The van der Waals surface area contributed by atoms with Crippen molar-refractivity contribution in [3.05, 3.63) is 69.1 Å². The Morgan fingerprint density at radius 2 is 1.73 bits per heavy atom. The van der Waals surface area contributed by atoms with Gasteiger partial charge >= 0.3 is 5.97 Å². The lowest BCUT2D eigenvalue weighted by Gasteiger charge is -2.28. The Balaban J connectivity index is 1.59. The predicted octanol–water partition coefficient (Wildman–Crippen LogP) is 6.80. The van der Waals surface area contributed by atoms with Crippen LogP contribution in [0.15, 0.2) is 30.3 Å². The van der Waals surface area contributed by atoms with Crippen LogP contribution in [0.5, 0.6) is 5.75 Å². The van der Waals surface area contributed by atoms with Crippen LogP contribution < -0.4 is 10.1 Å². The highest BCUT2D eigenvalue weighted by Crippen LogP contribution is 2.38. The van der Waals surface area contributed by atoms with Crippen LogP contribution in [0.3, 0.4) is 0 Å². The first-order valence-corrected chi connectivity index (χ1v) is 16.4. The highest BCUT2D eigenvalue weighted by Gasteiger charge is 2.29. The van der Waals surface area contributed by atoms with Crippen LogP contribution in [-0.2, 0) is 24.8 Å². The summed E-state index contributed by atoms with van der Waals surface area (Å²) in [5, 5.41) is 10.0. The normalized spacial score (nSPS) is 14.3. The Morgan fingerprint density at radius 1 is 1.04 bits per heavy atom. The topological polar surface area (TPSA) is 73.6 Å². The van der Waals surface area contributed by atoms with Crippen LogP contribution in [0.1, 0.15) is 65.8 Å². The van der Waals surface area contributed by atoms with Gasteiger partial charge in [0.25, 0.3) is 0 Å². The number of benzene rings is 2. The van der Waals surface area contributed by atoms with E-state index in [9.17, 15) is 4.79 Å². The van der Waals surface area contributed by atoms with Gasteiger partial charge in [0.1, 0.15) is 17.0 Å². The third-order valence-electron chi connectivity index (χ3n) is 8.66. The van der Waals surface area contributed by atoms with Crippen LogP contribution in [0.2, 0.25) is 5.02 Å². The maximum atomic E-state index is 14.1. The molecule has 0 saturated carbocycles. The van der Waals surface area contributed by atoms with Gasteiger partial charge < -0.3 is 19.4 Å². The third-order valence-corrected chi connectivity index (χ3v) is 9.25. The number of hydrogen-bond acceptors (Lipinski definition) is 6. The number of carbonyl (C=O) groups excluding carboxylic acids is 1. The molecule has 0 bridgehead atoms. The summed E-state index contributed by atoms with van der Waals surface area (Å²) in [6.07, 6.45) is 1.41. The van der Waals surface area contributed by atoms with E-state index in [2.05, 4.69) is 46.8 Å². The van der Waals surface area contributed by atoms with E-state index in [-0.39, 0.29) is 5.97 Å². The lowest BCUT2D eigenvalue weighted by molar-refractivity contribution is 0.00561. The highest BCUT2D eigenvalue weighted by atomic mass is 35.5. The van der Waals surface area contributed by atoms with Crippen molar-refractivity contribution in [2.75, 3.05) is 39.3 Å². The standard InChI is InChI=1S/C36H48ClN5O3/c1-23-21-27(22-24(2)32(23)37)44-20-10-13-29-28-11-9-12-30(31-25(3)39-40(8)26(31)4)33(28)42(19-18-41-16-14-38-15-17-41)34(29)35(43)45-36(5,6)7/h9,11-12,21-22,38H,10,13-20H2,1-8H3. The first kappa shape index (κ1) is 33.0. The first-order chi connectivity index (χ1) is 21.4. The van der Waals surface area contributed by atoms with Gasteiger partial charge in [-0.25, -0.2) is 4.79 Å². The van der Waals surface area contributed by atoms with E-state index in [4.69, 9.17) is 26.2 Å². The molecule has 242 valence electrons. The summed E-state index contributed by atoms with van der Waals surface area (Å²) in [4.78, 5) is 16.6. The Bertz CT molecular complexity index is 1670. The number of fused-ring (bicyclic) bond motifs is 1. The van der Waals surface area contributed by atoms with E-state index in [0.29, 0.717) is 25.3 Å². The Labute approximate surface area is 272 Å². The zero-order valence-electron chi connectivity index (χ0n) is 28.1. The zero-order chi connectivity index (χ0) is 32.5. The van der Waals surface area contributed by atoms with Crippen molar-refractivity contribution in [2.45, 2.75) is 73.5 Å². The number of nitrogens with zero attached hydrogens (tertiary/aromatic N) is 4. The molecule has 1 aliphatic heterocycles. The fraction of sp³-hybridized carbons (Fsp3) is 0.500. The third kappa shape index (κ3) is 7.24. The van der Waals surface area contributed by atoms with Gasteiger partial charge in [-0.2, -0.15) is 5.10 Å². The van der Waals surface area contributed by atoms with E-state index in [1.54, 1.807) is 0 Å². The number of piperazine rings is 1. The van der Waals surface area contributed by atoms with Gasteiger partial charge in [-0.15, -0.1) is 0 Å². The maximum Gasteiger partial charge on any atom is 0.355 e. The van der Waals surface area contributed by atoms with Crippen LogP contribution in [0, 0.1) is 27.7 Å². The summed E-state index contributed by atoms with van der Waals surface area (Å²) < 4.78 is 16.5. The number of esters is 1. The van der Waals surface area contributed by atoms with Crippen molar-refractivity contribution in [2.24, 2.45) is 7.05 Å². The fourth-order valence-electron chi connectivity index (χ4n) is 6.49. The number of para-hydroxylation sites is 1. The molecule has 5 rings (SSSR count). The lowest BCUT2D eigenvalue weighted by Crippen LogP contribution is -2.44. The summed E-state index contributed by atoms with van der Waals surface area (Å²) in [5.74, 6) is 0.523. The van der Waals surface area contributed by atoms with Gasteiger partial charge in [0.05, 0.1) is 17.8 Å². The van der Waals surface area contributed by atoms with Crippen LogP contribution in [0.25, 0.3) is 22.0 Å². The van der Waals surface area contributed by atoms with Crippen LogP contribution >= 0.6 is 11.6 Å². The summed E-state index contributed by atoms with van der Waals surface area (Å²) >= 11 is 6.38. The number of rotatable bonds is 10. The number of aryl methyl sites for hydroxylation is 5. The van der Waals surface area contributed by atoms with Crippen molar-refractivity contribution in [3.8, 4) is 16.9 Å². The minimum atomic E-state index is -0.624. The molecule has 1 saturated heterocycles. The summed E-state index contributed by atoms with van der Waals surface area (Å²) in [6, 6.07) is 10.4. The molecule has 4 aromatic rings. The minimum absolute atomic E-state index is 0.288. The van der Waals surface area contributed by atoms with Crippen molar-refractivity contribution in [1.29, 1.82) is 0 Å². The molecule has 0 atom stereocenters. The Kier molecular flexibility index (Phi) is 9.97. The number of hydrogen-bond donors (Lipinski definition) is 1. The van der Waals surface area contributed by atoms with E-state index < -0.39 is 5.60 Å². The van der Waals surface area contributed by atoms with E-state index in [0.717, 1.165) is 100 Å². The van der Waals surface area contributed by atoms with Gasteiger partial charge in [0, 0.05) is 73.5 Å². The van der Waals surface area contributed by atoms with E-state index in [1.165, 1.54) is 0 Å². The summed E-state index contributed by atoms with van der Waals surface area (Å²) in [5.41, 5.74) is 8.36. The second-order valence-electron chi connectivity index (χ2n) is 13.3. The SMILES string of the molecule is Cc1cc(OCCCc2c(C(=O)OC(C)(C)C)n(CCN3CCNCC3)c3c(-c4c(C)nn(C)c4C)cccc23)cc(C)c1Cl. The van der Waals surface area contributed by atoms with Crippen LogP contribution in [0.4, 0.5) is 0 Å². The van der Waals surface area contributed by atoms with E-state index in [1.807, 2.05) is 58.5 Å². The molecule has 1 N–H and O–H groups in total. The molecule has 1 aliphatic rings. The molecule has 0 unspecified atom stereocenters. The largest absolute Gasteiger partial charge is 0.494 e. The summed E-state index contributed by atoms with van der Waals surface area (Å²) in [6.45, 7) is 19.9. The maximum absolute atomic E-state index is 14.1. The second-order valence-corrected chi connectivity index (χ2v) is 13.6. The van der Waals surface area contributed by atoms with Gasteiger partial charge in [-0.1, -0.05) is 29.8 Å². The number of nitrogens with one attached hydrogen (secondary N) is 1. The highest BCUT2D eigenvalue weighted by molar-refractivity contribution is 6.32. The average Bonchev–Trinajstić information content (AvgIpc) is 3.44. The van der Waals surface area contributed by atoms with Gasteiger partial charge in [0.2, 0.25) is 0 Å². The molecule has 45 heavy (non-hydrogen) atoms. The van der Waals surface area contributed by atoms with Gasteiger partial charge in [-0.3, -0.25) is 9.58 Å². The zero-order valence-corrected chi connectivity index (χ0v) is 28.9. The predicted molar refractivity (Wildman–Crippen MR) is 183 cm³/mol. The number of aromatic nitrogens is 3. The number of carbonyl (C=O) groups is 1. The van der Waals surface area contributed by atoms with Crippen molar-refractivity contribution in [1.82, 2.24) is 24.6 Å². The van der Waals surface area contributed by atoms with Crippen molar-refractivity contribution in [3.63, 3.8) is 0 Å². The average molecular weight is 634 g/mol. The minimum Gasteiger partial charge on any atom is -0.494 e. The second kappa shape index (κ2) is 13.6. The number of ether oxygens (including phenoxy) is 2. The Morgan fingerprint density at radius 3 is 2.36 bits per heavy atom. The van der Waals surface area contributed by atoms with E-state index >= 15 is 0 Å². The summed E-state index contributed by atoms with van der Waals surface area (Å²) in [7, 11) is 1.98. The Hall–Kier alpha value is -3.33. The molecular weight excluding hydrogens is 586 g/mol.